The van der Waals surface area contributed by atoms with Gasteiger partial charge < -0.3 is 15.5 Å². The second-order valence-corrected chi connectivity index (χ2v) is 11.6. The van der Waals surface area contributed by atoms with Crippen molar-refractivity contribution >= 4 is 27.4 Å². The summed E-state index contributed by atoms with van der Waals surface area (Å²) in [6, 6.07) is 7.79. The molecule has 2 N–H and O–H groups in total. The second kappa shape index (κ2) is 9.37. The SMILES string of the molecule is CCNC(=NCc1cccc(NC(=O)C2CCCC2)c1)N1CCS(=O)(=O)C(C)(C)C1. The van der Waals surface area contributed by atoms with Crippen LogP contribution in [0, 0.1) is 5.92 Å². The predicted molar refractivity (Wildman–Crippen MR) is 121 cm³/mol. The van der Waals surface area contributed by atoms with E-state index in [4.69, 9.17) is 4.99 Å². The lowest BCUT2D eigenvalue weighted by molar-refractivity contribution is -0.119. The van der Waals surface area contributed by atoms with Crippen LogP contribution in [0.1, 0.15) is 52.0 Å². The molecule has 1 heterocycles. The molecule has 2 aliphatic rings. The fourth-order valence-corrected chi connectivity index (χ4v) is 5.46. The number of hydrogen-bond acceptors (Lipinski definition) is 4. The Hall–Kier alpha value is -2.09. The highest BCUT2D eigenvalue weighted by Gasteiger charge is 2.40. The van der Waals surface area contributed by atoms with Crippen LogP contribution in [0.4, 0.5) is 5.69 Å². The number of hydrogen-bond donors (Lipinski definition) is 2. The molecule has 0 unspecified atom stereocenters. The third kappa shape index (κ3) is 5.33. The number of nitrogens with zero attached hydrogens (tertiary/aromatic N) is 2. The molecule has 1 saturated heterocycles. The van der Waals surface area contributed by atoms with Crippen LogP contribution in [0.15, 0.2) is 29.3 Å². The molecule has 30 heavy (non-hydrogen) atoms. The van der Waals surface area contributed by atoms with Gasteiger partial charge in [-0.3, -0.25) is 4.79 Å². The topological polar surface area (TPSA) is 90.9 Å². The van der Waals surface area contributed by atoms with Crippen LogP contribution in [0.25, 0.3) is 0 Å². The molecule has 0 aromatic heterocycles. The van der Waals surface area contributed by atoms with E-state index < -0.39 is 14.6 Å². The van der Waals surface area contributed by atoms with E-state index in [1.807, 2.05) is 36.1 Å². The first-order chi connectivity index (χ1) is 14.2. The summed E-state index contributed by atoms with van der Waals surface area (Å²) >= 11 is 0. The number of benzene rings is 1. The Bertz CT molecular complexity index is 889. The molecule has 0 bridgehead atoms. The van der Waals surface area contributed by atoms with Crippen LogP contribution in [0.2, 0.25) is 0 Å². The van der Waals surface area contributed by atoms with Gasteiger partial charge in [0.05, 0.1) is 17.0 Å². The first-order valence-corrected chi connectivity index (χ1v) is 12.5. The Morgan fingerprint density at radius 2 is 2.00 bits per heavy atom. The maximum Gasteiger partial charge on any atom is 0.227 e. The fourth-order valence-electron chi connectivity index (χ4n) is 4.10. The fraction of sp³-hybridized carbons (Fsp3) is 0.636. The maximum absolute atomic E-state index is 12.4. The zero-order chi connectivity index (χ0) is 21.8. The van der Waals surface area contributed by atoms with Crippen molar-refractivity contribution in [2.45, 2.75) is 57.7 Å². The molecule has 0 spiro atoms. The summed E-state index contributed by atoms with van der Waals surface area (Å²) in [5.74, 6) is 1.09. The predicted octanol–water partition coefficient (Wildman–Crippen LogP) is 2.79. The number of aliphatic imine (C=N–C) groups is 1. The summed E-state index contributed by atoms with van der Waals surface area (Å²) in [4.78, 5) is 19.2. The number of carbonyl (C=O) groups is 1. The van der Waals surface area contributed by atoms with Gasteiger partial charge in [0.2, 0.25) is 5.91 Å². The largest absolute Gasteiger partial charge is 0.357 e. The van der Waals surface area contributed by atoms with Gasteiger partial charge in [-0.1, -0.05) is 25.0 Å². The van der Waals surface area contributed by atoms with E-state index in [1.54, 1.807) is 13.8 Å². The monoisotopic (exact) mass is 434 g/mol. The van der Waals surface area contributed by atoms with Crippen molar-refractivity contribution in [2.24, 2.45) is 10.9 Å². The van der Waals surface area contributed by atoms with Crippen molar-refractivity contribution in [3.05, 3.63) is 29.8 Å². The quantitative estimate of drug-likeness (QED) is 0.549. The molecule has 2 fully saturated rings. The number of amides is 1. The normalized spacial score (nSPS) is 21.4. The van der Waals surface area contributed by atoms with Crippen molar-refractivity contribution in [3.8, 4) is 0 Å². The number of rotatable bonds is 5. The number of nitrogens with one attached hydrogen (secondary N) is 2. The molecule has 1 amide bonds. The van der Waals surface area contributed by atoms with Gasteiger partial charge >= 0.3 is 0 Å². The van der Waals surface area contributed by atoms with Crippen molar-refractivity contribution in [3.63, 3.8) is 0 Å². The summed E-state index contributed by atoms with van der Waals surface area (Å²) in [6.45, 7) is 7.57. The zero-order valence-electron chi connectivity index (χ0n) is 18.3. The Morgan fingerprint density at radius 3 is 2.67 bits per heavy atom. The highest BCUT2D eigenvalue weighted by molar-refractivity contribution is 7.92. The van der Waals surface area contributed by atoms with Crippen molar-refractivity contribution < 1.29 is 13.2 Å². The molecule has 8 heteroatoms. The van der Waals surface area contributed by atoms with Gasteiger partial charge in [0.15, 0.2) is 15.8 Å². The first-order valence-electron chi connectivity index (χ1n) is 10.9. The molecule has 1 aromatic rings. The molecule has 1 aromatic carbocycles. The summed E-state index contributed by atoms with van der Waals surface area (Å²) in [7, 11) is -3.10. The van der Waals surface area contributed by atoms with Crippen molar-refractivity contribution in [1.82, 2.24) is 10.2 Å². The van der Waals surface area contributed by atoms with Gasteiger partial charge in [0, 0.05) is 31.2 Å². The lowest BCUT2D eigenvalue weighted by Crippen LogP contribution is -2.57. The lowest BCUT2D eigenvalue weighted by atomic mass is 10.1. The standard InChI is InChI=1S/C22H34N4O3S/c1-4-23-21(26-12-13-30(28,29)22(2,3)16-26)24-15-17-8-7-11-19(14-17)25-20(27)18-9-5-6-10-18/h7-8,11,14,18H,4-6,9-10,12-13,15-16H2,1-3H3,(H,23,24)(H,25,27). The third-order valence-corrected chi connectivity index (χ3v) is 8.54. The summed E-state index contributed by atoms with van der Waals surface area (Å²) in [5, 5.41) is 6.32. The van der Waals surface area contributed by atoms with Crippen LogP contribution < -0.4 is 10.6 Å². The van der Waals surface area contributed by atoms with Gasteiger partial charge in [0.1, 0.15) is 0 Å². The Balaban J connectivity index is 1.68. The van der Waals surface area contributed by atoms with Gasteiger partial charge in [-0.2, -0.15) is 0 Å². The van der Waals surface area contributed by atoms with E-state index >= 15 is 0 Å². The second-order valence-electron chi connectivity index (χ2n) is 8.84. The number of carbonyl (C=O) groups excluding carboxylic acids is 1. The van der Waals surface area contributed by atoms with Crippen LogP contribution in [-0.2, 0) is 21.2 Å². The maximum atomic E-state index is 12.4. The Labute approximate surface area is 180 Å². The highest BCUT2D eigenvalue weighted by atomic mass is 32.2. The molecule has 1 saturated carbocycles. The number of anilines is 1. The molecule has 0 radical (unpaired) electrons. The smallest absolute Gasteiger partial charge is 0.227 e. The molecular formula is C22H34N4O3S. The van der Waals surface area contributed by atoms with Gasteiger partial charge in [-0.25, -0.2) is 13.4 Å². The van der Waals surface area contributed by atoms with E-state index in [9.17, 15) is 13.2 Å². The van der Waals surface area contributed by atoms with E-state index in [0.29, 0.717) is 26.2 Å². The minimum Gasteiger partial charge on any atom is -0.357 e. The van der Waals surface area contributed by atoms with Crippen molar-refractivity contribution in [2.75, 3.05) is 30.7 Å². The molecule has 1 aliphatic heterocycles. The van der Waals surface area contributed by atoms with Crippen LogP contribution in [-0.4, -0.2) is 55.3 Å². The first kappa shape index (κ1) is 22.6. The van der Waals surface area contributed by atoms with Gasteiger partial charge in [-0.05, 0) is 51.3 Å². The molecule has 166 valence electrons. The molecule has 0 atom stereocenters. The molecule has 3 rings (SSSR count). The van der Waals surface area contributed by atoms with Crippen LogP contribution in [0.3, 0.4) is 0 Å². The highest BCUT2D eigenvalue weighted by Crippen LogP contribution is 2.26. The summed E-state index contributed by atoms with van der Waals surface area (Å²) < 4.78 is 23.8. The van der Waals surface area contributed by atoms with E-state index in [1.165, 1.54) is 0 Å². The summed E-state index contributed by atoms with van der Waals surface area (Å²) in [6.07, 6.45) is 4.22. The van der Waals surface area contributed by atoms with Crippen LogP contribution in [0.5, 0.6) is 0 Å². The zero-order valence-corrected chi connectivity index (χ0v) is 19.1. The molecule has 1 aliphatic carbocycles. The average Bonchev–Trinajstić information content (AvgIpc) is 3.23. The van der Waals surface area contributed by atoms with Crippen LogP contribution >= 0.6 is 0 Å². The molecular weight excluding hydrogens is 400 g/mol. The molecule has 7 nitrogen and oxygen atoms in total. The van der Waals surface area contributed by atoms with Gasteiger partial charge in [-0.15, -0.1) is 0 Å². The van der Waals surface area contributed by atoms with E-state index in [-0.39, 0.29) is 17.6 Å². The van der Waals surface area contributed by atoms with E-state index in [2.05, 4.69) is 10.6 Å². The Kier molecular flexibility index (Phi) is 7.06. The van der Waals surface area contributed by atoms with Crippen molar-refractivity contribution in [1.29, 1.82) is 0 Å². The number of guanidine groups is 1. The van der Waals surface area contributed by atoms with Gasteiger partial charge in [0.25, 0.3) is 0 Å². The Morgan fingerprint density at radius 1 is 1.27 bits per heavy atom. The summed E-state index contributed by atoms with van der Waals surface area (Å²) in [5.41, 5.74) is 1.80. The minimum atomic E-state index is -3.10. The minimum absolute atomic E-state index is 0.109. The number of sulfone groups is 1. The lowest BCUT2D eigenvalue weighted by Gasteiger charge is -2.39. The van der Waals surface area contributed by atoms with E-state index in [0.717, 1.165) is 42.9 Å². The average molecular weight is 435 g/mol. The third-order valence-electron chi connectivity index (χ3n) is 6.01.